The third-order valence-electron chi connectivity index (χ3n) is 5.73. The number of thiazole rings is 1. The number of ether oxygens (including phenoxy) is 2. The second-order valence-corrected chi connectivity index (χ2v) is 8.89. The predicted octanol–water partition coefficient (Wildman–Crippen LogP) is 3.40. The van der Waals surface area contributed by atoms with E-state index < -0.39 is 24.0 Å². The van der Waals surface area contributed by atoms with Crippen molar-refractivity contribution in [2.24, 2.45) is 0 Å². The van der Waals surface area contributed by atoms with E-state index in [-0.39, 0.29) is 37.8 Å². The normalized spacial score (nSPS) is 12.9. The van der Waals surface area contributed by atoms with Crippen molar-refractivity contribution in [1.82, 2.24) is 15.6 Å². The first kappa shape index (κ1) is 24.4. The fraction of sp³-hybridized carbons (Fsp3) is 0.280. The number of nitrogens with one attached hydrogen (secondary N) is 2. The van der Waals surface area contributed by atoms with Crippen LogP contribution in [0.1, 0.15) is 39.0 Å². The van der Waals surface area contributed by atoms with Crippen LogP contribution >= 0.6 is 11.3 Å². The molecule has 2 aromatic carbocycles. The van der Waals surface area contributed by atoms with Crippen LogP contribution in [0.5, 0.6) is 0 Å². The van der Waals surface area contributed by atoms with Gasteiger partial charge in [-0.3, -0.25) is 4.79 Å². The lowest BCUT2D eigenvalue weighted by Gasteiger charge is -2.14. The Hall–Kier alpha value is -3.76. The smallest absolute Gasteiger partial charge is 0.407 e. The molecule has 35 heavy (non-hydrogen) atoms. The van der Waals surface area contributed by atoms with Crippen LogP contribution in [0, 0.1) is 0 Å². The van der Waals surface area contributed by atoms with Crippen LogP contribution in [0.2, 0.25) is 0 Å². The zero-order valence-electron chi connectivity index (χ0n) is 19.0. The number of alkyl carbamates (subject to hydrolysis) is 1. The Morgan fingerprint density at radius 1 is 1.09 bits per heavy atom. The van der Waals surface area contributed by atoms with Crippen molar-refractivity contribution in [2.75, 3.05) is 20.3 Å². The zero-order valence-corrected chi connectivity index (χ0v) is 19.8. The topological polar surface area (TPSA) is 127 Å². The molecule has 1 heterocycles. The zero-order chi connectivity index (χ0) is 24.8. The molecule has 4 rings (SSSR count). The summed E-state index contributed by atoms with van der Waals surface area (Å²) < 4.78 is 10.4. The summed E-state index contributed by atoms with van der Waals surface area (Å²) in [5.74, 6) is -1.79. The second-order valence-electron chi connectivity index (χ2n) is 7.95. The average molecular weight is 496 g/mol. The van der Waals surface area contributed by atoms with Crippen LogP contribution in [-0.4, -0.2) is 54.4 Å². The largest absolute Gasteiger partial charge is 0.480 e. The molecule has 3 N–H and O–H groups in total. The van der Waals surface area contributed by atoms with E-state index >= 15 is 0 Å². The quantitative estimate of drug-likeness (QED) is 0.393. The molecule has 3 aromatic rings. The number of carboxylic acids is 1. The Bertz CT molecular complexity index is 1180. The van der Waals surface area contributed by atoms with Crippen molar-refractivity contribution in [3.8, 4) is 11.1 Å². The van der Waals surface area contributed by atoms with Crippen LogP contribution in [0.4, 0.5) is 4.79 Å². The minimum atomic E-state index is -1.15. The first-order chi connectivity index (χ1) is 17.0. The molecular weight excluding hydrogens is 470 g/mol. The molecule has 1 unspecified atom stereocenters. The van der Waals surface area contributed by atoms with Gasteiger partial charge in [0, 0.05) is 31.4 Å². The minimum absolute atomic E-state index is 0.0383. The van der Waals surface area contributed by atoms with Crippen LogP contribution in [0.15, 0.2) is 53.9 Å². The van der Waals surface area contributed by atoms with Gasteiger partial charge in [-0.15, -0.1) is 11.3 Å². The van der Waals surface area contributed by atoms with E-state index in [2.05, 4.69) is 27.8 Å². The molecular formula is C25H25N3O6S. The minimum Gasteiger partial charge on any atom is -0.480 e. The van der Waals surface area contributed by atoms with Gasteiger partial charge < -0.3 is 25.2 Å². The molecule has 2 amide bonds. The van der Waals surface area contributed by atoms with Gasteiger partial charge in [0.05, 0.1) is 6.54 Å². The lowest BCUT2D eigenvalue weighted by atomic mass is 9.98. The molecule has 0 aliphatic heterocycles. The maximum Gasteiger partial charge on any atom is 0.407 e. The van der Waals surface area contributed by atoms with Crippen molar-refractivity contribution in [2.45, 2.75) is 24.9 Å². The number of carbonyl (C=O) groups is 3. The third kappa shape index (κ3) is 5.67. The molecule has 10 heteroatoms. The monoisotopic (exact) mass is 495 g/mol. The van der Waals surface area contributed by atoms with E-state index in [0.717, 1.165) is 22.3 Å². The Kier molecular flexibility index (Phi) is 7.74. The number of hydrogen-bond acceptors (Lipinski definition) is 7. The molecule has 0 fully saturated rings. The van der Waals surface area contributed by atoms with E-state index in [1.807, 2.05) is 36.4 Å². The van der Waals surface area contributed by atoms with Gasteiger partial charge in [-0.2, -0.15) is 0 Å². The third-order valence-corrected chi connectivity index (χ3v) is 6.57. The summed E-state index contributed by atoms with van der Waals surface area (Å²) >= 11 is 1.18. The molecule has 0 saturated carbocycles. The van der Waals surface area contributed by atoms with Crippen molar-refractivity contribution in [1.29, 1.82) is 0 Å². The van der Waals surface area contributed by atoms with E-state index in [4.69, 9.17) is 9.47 Å². The summed E-state index contributed by atoms with van der Waals surface area (Å²) in [7, 11) is 1.46. The van der Waals surface area contributed by atoms with Gasteiger partial charge in [-0.25, -0.2) is 14.6 Å². The maximum absolute atomic E-state index is 12.3. The van der Waals surface area contributed by atoms with E-state index in [9.17, 15) is 19.5 Å². The Balaban J connectivity index is 1.29. The Labute approximate surface area is 206 Å². The van der Waals surface area contributed by atoms with E-state index in [1.54, 1.807) is 0 Å². The van der Waals surface area contributed by atoms with Gasteiger partial charge in [0.1, 0.15) is 23.4 Å². The standard InChI is InChI=1S/C25H25N3O6S/c1-33-11-10-20(24(30)31)28-23(29)21-14-35-22(27-21)12-26-25(32)34-13-19-17-8-4-2-6-15(17)16-7-3-5-9-18(16)19/h2-9,14,19-20H,10-13H2,1H3,(H,26,32)(H,28,29)(H,30,31). The summed E-state index contributed by atoms with van der Waals surface area (Å²) in [6, 6.07) is 15.1. The number of aromatic nitrogens is 1. The van der Waals surface area contributed by atoms with Crippen LogP contribution in [0.25, 0.3) is 11.1 Å². The molecule has 1 aliphatic rings. The van der Waals surface area contributed by atoms with Gasteiger partial charge >= 0.3 is 12.1 Å². The van der Waals surface area contributed by atoms with E-state index in [0.29, 0.717) is 5.01 Å². The number of aliphatic carboxylic acids is 1. The molecule has 182 valence electrons. The number of carbonyl (C=O) groups excluding carboxylic acids is 2. The van der Waals surface area contributed by atoms with Crippen LogP contribution < -0.4 is 10.6 Å². The van der Waals surface area contributed by atoms with Crippen LogP contribution in [0.3, 0.4) is 0 Å². The molecule has 0 spiro atoms. The molecule has 0 saturated heterocycles. The maximum atomic E-state index is 12.3. The van der Waals surface area contributed by atoms with Gasteiger partial charge in [-0.1, -0.05) is 48.5 Å². The summed E-state index contributed by atoms with van der Waals surface area (Å²) in [6.45, 7) is 0.480. The highest BCUT2D eigenvalue weighted by Crippen LogP contribution is 2.44. The SMILES string of the molecule is COCCC(NC(=O)c1csc(CNC(=O)OCC2c3ccccc3-c3ccccc32)n1)C(=O)O. The number of methoxy groups -OCH3 is 1. The first-order valence-electron chi connectivity index (χ1n) is 11.0. The highest BCUT2D eigenvalue weighted by Gasteiger charge is 2.29. The summed E-state index contributed by atoms with van der Waals surface area (Å²) in [4.78, 5) is 40.2. The summed E-state index contributed by atoms with van der Waals surface area (Å²) in [5.41, 5.74) is 4.64. The molecule has 9 nitrogen and oxygen atoms in total. The molecule has 1 aliphatic carbocycles. The molecule has 1 atom stereocenters. The van der Waals surface area contributed by atoms with Crippen molar-refractivity contribution >= 4 is 29.3 Å². The van der Waals surface area contributed by atoms with Crippen LogP contribution in [-0.2, 0) is 20.8 Å². The molecule has 0 bridgehead atoms. The number of hydrogen-bond donors (Lipinski definition) is 3. The summed E-state index contributed by atoms with van der Waals surface area (Å²) in [5, 5.41) is 16.3. The van der Waals surface area contributed by atoms with Gasteiger partial charge in [-0.05, 0) is 22.3 Å². The van der Waals surface area contributed by atoms with Crippen molar-refractivity contribution < 1.29 is 29.0 Å². The number of rotatable bonds is 10. The highest BCUT2D eigenvalue weighted by atomic mass is 32.1. The Morgan fingerprint density at radius 3 is 2.37 bits per heavy atom. The molecule has 0 radical (unpaired) electrons. The van der Waals surface area contributed by atoms with E-state index in [1.165, 1.54) is 23.8 Å². The highest BCUT2D eigenvalue weighted by molar-refractivity contribution is 7.09. The first-order valence-corrected chi connectivity index (χ1v) is 11.9. The van der Waals surface area contributed by atoms with Gasteiger partial charge in [0.2, 0.25) is 0 Å². The lowest BCUT2D eigenvalue weighted by molar-refractivity contribution is -0.139. The fourth-order valence-corrected chi connectivity index (χ4v) is 4.73. The van der Waals surface area contributed by atoms with Gasteiger partial charge in [0.25, 0.3) is 5.91 Å². The predicted molar refractivity (Wildman–Crippen MR) is 129 cm³/mol. The van der Waals surface area contributed by atoms with Crippen molar-refractivity contribution in [3.05, 3.63) is 75.7 Å². The lowest BCUT2D eigenvalue weighted by Crippen LogP contribution is -2.41. The second kappa shape index (κ2) is 11.1. The fourth-order valence-electron chi connectivity index (χ4n) is 4.02. The number of amides is 2. The number of benzene rings is 2. The number of carboxylic acid groups (broad SMARTS) is 1. The Morgan fingerprint density at radius 2 is 1.74 bits per heavy atom. The number of nitrogens with zero attached hydrogens (tertiary/aromatic N) is 1. The average Bonchev–Trinajstić information content (AvgIpc) is 3.47. The molecule has 1 aromatic heterocycles. The van der Waals surface area contributed by atoms with Gasteiger partial charge in [0.15, 0.2) is 0 Å². The number of fused-ring (bicyclic) bond motifs is 3. The summed E-state index contributed by atoms with van der Waals surface area (Å²) in [6.07, 6.45) is -0.448. The van der Waals surface area contributed by atoms with Crippen molar-refractivity contribution in [3.63, 3.8) is 0 Å².